The number of carbonyl (C=O) groups is 1. The lowest BCUT2D eigenvalue weighted by Gasteiger charge is -2.19. The van der Waals surface area contributed by atoms with E-state index in [1.165, 1.54) is 6.33 Å². The minimum atomic E-state index is -0.163. The van der Waals surface area contributed by atoms with Crippen LogP contribution in [0.25, 0.3) is 0 Å². The molecule has 0 aliphatic carbocycles. The topological polar surface area (TPSA) is 75.9 Å². The molecule has 0 aromatic carbocycles. The van der Waals surface area contributed by atoms with Crippen LogP contribution < -0.4 is 5.32 Å². The standard InChI is InChI=1S/C15H22N6O/c1-4-21-15(17-11-18-21)12(2)19-14(22)10-20(3)9-13-5-7-16-8-6-13/h5-8,11-12H,4,9-10H2,1-3H3,(H,19,22)/t12-/m0/s1. The van der Waals surface area contributed by atoms with E-state index >= 15 is 0 Å². The maximum Gasteiger partial charge on any atom is 0.234 e. The van der Waals surface area contributed by atoms with Crippen molar-refractivity contribution in [1.82, 2.24) is 30.0 Å². The van der Waals surface area contributed by atoms with Crippen molar-refractivity contribution >= 4 is 5.91 Å². The third kappa shape index (κ3) is 4.36. The second-order valence-electron chi connectivity index (χ2n) is 5.25. The van der Waals surface area contributed by atoms with Crippen molar-refractivity contribution in [3.63, 3.8) is 0 Å². The summed E-state index contributed by atoms with van der Waals surface area (Å²) in [5, 5.41) is 7.08. The zero-order valence-electron chi connectivity index (χ0n) is 13.2. The molecule has 0 saturated heterocycles. The fourth-order valence-electron chi connectivity index (χ4n) is 2.30. The molecule has 0 radical (unpaired) electrons. The van der Waals surface area contributed by atoms with Gasteiger partial charge in [-0.1, -0.05) is 0 Å². The lowest BCUT2D eigenvalue weighted by atomic mass is 10.2. The van der Waals surface area contributed by atoms with Gasteiger partial charge in [0.25, 0.3) is 0 Å². The zero-order valence-corrected chi connectivity index (χ0v) is 13.2. The van der Waals surface area contributed by atoms with Crippen molar-refractivity contribution < 1.29 is 4.79 Å². The van der Waals surface area contributed by atoms with Gasteiger partial charge in [-0.3, -0.25) is 14.7 Å². The monoisotopic (exact) mass is 302 g/mol. The number of aromatic nitrogens is 4. The molecule has 2 aromatic heterocycles. The van der Waals surface area contributed by atoms with Crippen molar-refractivity contribution in [1.29, 1.82) is 0 Å². The van der Waals surface area contributed by atoms with Gasteiger partial charge in [-0.2, -0.15) is 5.10 Å². The molecule has 0 spiro atoms. The van der Waals surface area contributed by atoms with E-state index in [0.29, 0.717) is 13.1 Å². The first-order valence-corrected chi connectivity index (χ1v) is 7.34. The second-order valence-corrected chi connectivity index (χ2v) is 5.25. The highest BCUT2D eigenvalue weighted by atomic mass is 16.2. The Morgan fingerprint density at radius 2 is 2.14 bits per heavy atom. The highest BCUT2D eigenvalue weighted by molar-refractivity contribution is 5.78. The molecule has 0 unspecified atom stereocenters. The SMILES string of the molecule is CCn1ncnc1[C@H](C)NC(=O)CN(C)Cc1ccncc1. The van der Waals surface area contributed by atoms with Crippen molar-refractivity contribution in [3.8, 4) is 0 Å². The van der Waals surface area contributed by atoms with E-state index in [0.717, 1.165) is 17.9 Å². The maximum atomic E-state index is 12.1. The van der Waals surface area contributed by atoms with Gasteiger partial charge in [-0.15, -0.1) is 0 Å². The van der Waals surface area contributed by atoms with Crippen LogP contribution in [0.15, 0.2) is 30.9 Å². The normalized spacial score (nSPS) is 12.4. The summed E-state index contributed by atoms with van der Waals surface area (Å²) in [5.41, 5.74) is 1.13. The van der Waals surface area contributed by atoms with Gasteiger partial charge in [0, 0.05) is 25.5 Å². The Hall–Kier alpha value is -2.28. The Morgan fingerprint density at radius 3 is 2.82 bits per heavy atom. The molecule has 2 rings (SSSR count). The van der Waals surface area contributed by atoms with Gasteiger partial charge in [0.15, 0.2) is 0 Å². The minimum absolute atomic E-state index is 0.0327. The third-order valence-electron chi connectivity index (χ3n) is 3.33. The van der Waals surface area contributed by atoms with Gasteiger partial charge in [0.2, 0.25) is 5.91 Å². The van der Waals surface area contributed by atoms with Crippen LogP contribution in [0.1, 0.15) is 31.3 Å². The molecule has 2 heterocycles. The lowest BCUT2D eigenvalue weighted by Crippen LogP contribution is -2.37. The fourth-order valence-corrected chi connectivity index (χ4v) is 2.30. The van der Waals surface area contributed by atoms with E-state index in [4.69, 9.17) is 0 Å². The summed E-state index contributed by atoms with van der Waals surface area (Å²) >= 11 is 0. The van der Waals surface area contributed by atoms with Gasteiger partial charge in [-0.05, 0) is 38.6 Å². The van der Waals surface area contributed by atoms with Gasteiger partial charge >= 0.3 is 0 Å². The molecule has 1 atom stereocenters. The third-order valence-corrected chi connectivity index (χ3v) is 3.33. The average Bonchev–Trinajstić information content (AvgIpc) is 2.96. The Bertz CT molecular complexity index is 597. The number of nitrogens with one attached hydrogen (secondary N) is 1. The van der Waals surface area contributed by atoms with Crippen LogP contribution in [-0.4, -0.2) is 44.1 Å². The molecule has 0 fully saturated rings. The van der Waals surface area contributed by atoms with Gasteiger partial charge in [0.1, 0.15) is 12.2 Å². The van der Waals surface area contributed by atoms with Gasteiger partial charge < -0.3 is 5.32 Å². The van der Waals surface area contributed by atoms with Crippen molar-refractivity contribution in [2.45, 2.75) is 33.0 Å². The predicted molar refractivity (Wildman–Crippen MR) is 82.8 cm³/mol. The average molecular weight is 302 g/mol. The summed E-state index contributed by atoms with van der Waals surface area (Å²) in [6, 6.07) is 3.73. The van der Waals surface area contributed by atoms with E-state index in [2.05, 4.69) is 20.4 Å². The van der Waals surface area contributed by atoms with Gasteiger partial charge in [0.05, 0.1) is 12.6 Å². The molecule has 7 nitrogen and oxygen atoms in total. The molecule has 2 aromatic rings. The van der Waals surface area contributed by atoms with E-state index in [9.17, 15) is 4.79 Å². The summed E-state index contributed by atoms with van der Waals surface area (Å²) in [6.45, 7) is 5.67. The summed E-state index contributed by atoms with van der Waals surface area (Å²) in [6.07, 6.45) is 5.02. The molecule has 0 aliphatic heterocycles. The number of rotatable bonds is 7. The molecule has 0 bridgehead atoms. The first-order valence-electron chi connectivity index (χ1n) is 7.34. The number of aryl methyl sites for hydroxylation is 1. The lowest BCUT2D eigenvalue weighted by molar-refractivity contribution is -0.122. The number of nitrogens with zero attached hydrogens (tertiary/aromatic N) is 5. The number of hydrogen-bond acceptors (Lipinski definition) is 5. The molecular weight excluding hydrogens is 280 g/mol. The second kappa shape index (κ2) is 7.65. The Kier molecular flexibility index (Phi) is 5.60. The van der Waals surface area contributed by atoms with Gasteiger partial charge in [-0.25, -0.2) is 9.67 Å². The number of hydrogen-bond donors (Lipinski definition) is 1. The van der Waals surface area contributed by atoms with Crippen LogP contribution in [0, 0.1) is 0 Å². The van der Waals surface area contributed by atoms with E-state index in [-0.39, 0.29) is 11.9 Å². The van der Waals surface area contributed by atoms with Crippen LogP contribution in [0.4, 0.5) is 0 Å². The van der Waals surface area contributed by atoms with Crippen LogP contribution in [-0.2, 0) is 17.9 Å². The zero-order chi connectivity index (χ0) is 15.9. The largest absolute Gasteiger partial charge is 0.345 e. The molecule has 1 amide bonds. The summed E-state index contributed by atoms with van der Waals surface area (Å²) in [4.78, 5) is 22.3. The number of likely N-dealkylation sites (N-methyl/N-ethyl adjacent to an activating group) is 1. The molecular formula is C15H22N6O. The number of amides is 1. The molecule has 0 saturated carbocycles. The Labute approximate surface area is 130 Å². The van der Waals surface area contributed by atoms with E-state index in [1.54, 1.807) is 17.1 Å². The first kappa shape index (κ1) is 16.1. The smallest absolute Gasteiger partial charge is 0.234 e. The highest BCUT2D eigenvalue weighted by Crippen LogP contribution is 2.08. The van der Waals surface area contributed by atoms with Crippen LogP contribution >= 0.6 is 0 Å². The molecule has 7 heteroatoms. The quantitative estimate of drug-likeness (QED) is 0.826. The summed E-state index contributed by atoms with van der Waals surface area (Å²) in [5.74, 6) is 0.738. The van der Waals surface area contributed by atoms with E-state index in [1.807, 2.05) is 37.9 Å². The molecule has 22 heavy (non-hydrogen) atoms. The highest BCUT2D eigenvalue weighted by Gasteiger charge is 2.16. The van der Waals surface area contributed by atoms with Crippen molar-refractivity contribution in [2.24, 2.45) is 0 Å². The van der Waals surface area contributed by atoms with Crippen LogP contribution in [0.5, 0.6) is 0 Å². The number of pyridine rings is 1. The fraction of sp³-hybridized carbons (Fsp3) is 0.467. The van der Waals surface area contributed by atoms with Crippen LogP contribution in [0.2, 0.25) is 0 Å². The Balaban J connectivity index is 1.84. The summed E-state index contributed by atoms with van der Waals surface area (Å²) in [7, 11) is 1.92. The molecule has 118 valence electrons. The maximum absolute atomic E-state index is 12.1. The summed E-state index contributed by atoms with van der Waals surface area (Å²) < 4.78 is 1.78. The number of carbonyl (C=O) groups excluding carboxylic acids is 1. The predicted octanol–water partition coefficient (Wildman–Crippen LogP) is 1.00. The van der Waals surface area contributed by atoms with Crippen molar-refractivity contribution in [3.05, 3.63) is 42.2 Å². The molecule has 1 N–H and O–H groups in total. The Morgan fingerprint density at radius 1 is 1.41 bits per heavy atom. The van der Waals surface area contributed by atoms with E-state index < -0.39 is 0 Å². The van der Waals surface area contributed by atoms with Crippen LogP contribution in [0.3, 0.4) is 0 Å². The first-order chi connectivity index (χ1) is 10.6. The molecule has 0 aliphatic rings. The minimum Gasteiger partial charge on any atom is -0.345 e. The van der Waals surface area contributed by atoms with Crippen molar-refractivity contribution in [2.75, 3.05) is 13.6 Å².